The van der Waals surface area contributed by atoms with E-state index in [1.807, 2.05) is 35.2 Å². The number of ether oxygens (including phenoxy) is 1. The molecule has 5 heteroatoms. The molecule has 0 unspecified atom stereocenters. The number of hydrogen-bond donors (Lipinski definition) is 1. The summed E-state index contributed by atoms with van der Waals surface area (Å²) in [5.41, 5.74) is 8.00. The van der Waals surface area contributed by atoms with Crippen molar-refractivity contribution in [3.05, 3.63) is 65.7 Å². The van der Waals surface area contributed by atoms with Gasteiger partial charge >= 0.3 is 0 Å². The molecular weight excluding hydrogens is 384 g/mol. The molecule has 1 amide bonds. The van der Waals surface area contributed by atoms with Gasteiger partial charge in [-0.1, -0.05) is 48.9 Å². The Kier molecular flexibility index (Phi) is 7.57. The van der Waals surface area contributed by atoms with Crippen LogP contribution in [0.3, 0.4) is 0 Å². The van der Waals surface area contributed by atoms with Crippen molar-refractivity contribution in [2.24, 2.45) is 11.7 Å². The molecule has 1 aliphatic carbocycles. The summed E-state index contributed by atoms with van der Waals surface area (Å²) in [7, 11) is 0. The van der Waals surface area contributed by atoms with Gasteiger partial charge in [-0.15, -0.1) is 12.4 Å². The largest absolute Gasteiger partial charge is 0.490 e. The van der Waals surface area contributed by atoms with E-state index < -0.39 is 0 Å². The van der Waals surface area contributed by atoms with E-state index in [9.17, 15) is 4.79 Å². The Morgan fingerprint density at radius 3 is 2.38 bits per heavy atom. The molecule has 1 saturated carbocycles. The highest BCUT2D eigenvalue weighted by Crippen LogP contribution is 2.34. The van der Waals surface area contributed by atoms with Gasteiger partial charge in [-0.25, -0.2) is 0 Å². The van der Waals surface area contributed by atoms with Gasteiger partial charge in [0.1, 0.15) is 5.75 Å². The minimum absolute atomic E-state index is 0. The zero-order valence-corrected chi connectivity index (χ0v) is 17.7. The molecule has 1 heterocycles. The third-order valence-electron chi connectivity index (χ3n) is 6.22. The third-order valence-corrected chi connectivity index (χ3v) is 6.22. The summed E-state index contributed by atoms with van der Waals surface area (Å²) in [4.78, 5) is 15.3. The monoisotopic (exact) mass is 414 g/mol. The fourth-order valence-electron chi connectivity index (χ4n) is 4.63. The average Bonchev–Trinajstić information content (AvgIpc) is 3.20. The normalized spacial score (nSPS) is 22.2. The molecule has 2 aliphatic rings. The maximum Gasteiger partial charge on any atom is 0.257 e. The Bertz CT molecular complexity index is 792. The van der Waals surface area contributed by atoms with Crippen molar-refractivity contribution >= 4 is 18.3 Å². The number of benzene rings is 2. The van der Waals surface area contributed by atoms with Crippen molar-refractivity contribution in [3.63, 3.8) is 0 Å². The van der Waals surface area contributed by atoms with Crippen LogP contribution < -0.4 is 10.5 Å². The molecule has 1 aliphatic heterocycles. The predicted octanol–water partition coefficient (Wildman–Crippen LogP) is 4.63. The van der Waals surface area contributed by atoms with Crippen LogP contribution in [0.5, 0.6) is 5.75 Å². The highest BCUT2D eigenvalue weighted by atomic mass is 35.5. The van der Waals surface area contributed by atoms with Crippen molar-refractivity contribution in [3.8, 4) is 5.75 Å². The molecule has 2 fully saturated rings. The van der Waals surface area contributed by atoms with Crippen LogP contribution in [0.1, 0.15) is 53.9 Å². The highest BCUT2D eigenvalue weighted by Gasteiger charge is 2.36. The number of hydrogen-bond acceptors (Lipinski definition) is 3. The van der Waals surface area contributed by atoms with E-state index >= 15 is 0 Å². The number of amides is 1. The second-order valence-electron chi connectivity index (χ2n) is 8.10. The van der Waals surface area contributed by atoms with Crippen LogP contribution in [0, 0.1) is 5.92 Å². The molecule has 0 radical (unpaired) electrons. The molecule has 0 aromatic heterocycles. The summed E-state index contributed by atoms with van der Waals surface area (Å²) in [6.45, 7) is 2.00. The van der Waals surface area contributed by atoms with E-state index in [4.69, 9.17) is 10.5 Å². The van der Waals surface area contributed by atoms with Crippen LogP contribution in [0.25, 0.3) is 0 Å². The van der Waals surface area contributed by atoms with Gasteiger partial charge in [-0.3, -0.25) is 4.79 Å². The van der Waals surface area contributed by atoms with Crippen LogP contribution in [-0.4, -0.2) is 36.5 Å². The number of likely N-dealkylation sites (tertiary alicyclic amines) is 1. The number of para-hydroxylation sites is 1. The molecule has 0 spiro atoms. The van der Waals surface area contributed by atoms with Gasteiger partial charge in [0.15, 0.2) is 0 Å². The quantitative estimate of drug-likeness (QED) is 0.775. The molecule has 2 N–H and O–H groups in total. The standard InChI is InChI=1S/C24H30N2O2.ClH/c25-15-19-16-26(17-22(19)18-9-3-1-4-10-18)24(27)21-13-7-8-14-23(21)28-20-11-5-2-6-12-20;/h1,3-4,7-10,13-14,19-20,22H,2,5-6,11-12,15-17,25H2;1H/t19-,22+;/m1./s1. The number of nitrogens with two attached hydrogens (primary N) is 1. The number of halogens is 1. The summed E-state index contributed by atoms with van der Waals surface area (Å²) in [6, 6.07) is 18.1. The van der Waals surface area contributed by atoms with Gasteiger partial charge in [0.2, 0.25) is 0 Å². The van der Waals surface area contributed by atoms with Gasteiger partial charge in [0.25, 0.3) is 5.91 Å². The van der Waals surface area contributed by atoms with E-state index in [0.29, 0.717) is 31.1 Å². The fraction of sp³-hybridized carbons (Fsp3) is 0.458. The zero-order valence-electron chi connectivity index (χ0n) is 16.8. The summed E-state index contributed by atoms with van der Waals surface area (Å²) in [6.07, 6.45) is 6.11. The maximum absolute atomic E-state index is 13.4. The van der Waals surface area contributed by atoms with Crippen molar-refractivity contribution < 1.29 is 9.53 Å². The first-order valence-corrected chi connectivity index (χ1v) is 10.6. The molecule has 156 valence electrons. The average molecular weight is 415 g/mol. The smallest absolute Gasteiger partial charge is 0.257 e. The number of carbonyl (C=O) groups is 1. The van der Waals surface area contributed by atoms with E-state index in [1.165, 1.54) is 24.8 Å². The number of carbonyl (C=O) groups excluding carboxylic acids is 1. The molecule has 2 atom stereocenters. The second kappa shape index (κ2) is 10.1. The van der Waals surface area contributed by atoms with Crippen molar-refractivity contribution in [2.75, 3.05) is 19.6 Å². The van der Waals surface area contributed by atoms with Crippen LogP contribution in [0.2, 0.25) is 0 Å². The number of rotatable bonds is 5. The Hall–Kier alpha value is -2.04. The van der Waals surface area contributed by atoms with Gasteiger partial charge < -0.3 is 15.4 Å². The van der Waals surface area contributed by atoms with Crippen molar-refractivity contribution in [1.29, 1.82) is 0 Å². The molecule has 2 aromatic rings. The lowest BCUT2D eigenvalue weighted by molar-refractivity contribution is 0.0775. The summed E-state index contributed by atoms with van der Waals surface area (Å²) in [5.74, 6) is 1.37. The molecule has 2 aromatic carbocycles. The zero-order chi connectivity index (χ0) is 19.3. The van der Waals surface area contributed by atoms with Gasteiger partial charge in [-0.2, -0.15) is 0 Å². The molecule has 29 heavy (non-hydrogen) atoms. The first-order valence-electron chi connectivity index (χ1n) is 10.6. The van der Waals surface area contributed by atoms with Crippen molar-refractivity contribution in [2.45, 2.75) is 44.1 Å². The van der Waals surface area contributed by atoms with Crippen LogP contribution in [-0.2, 0) is 0 Å². The predicted molar refractivity (Wildman–Crippen MR) is 119 cm³/mol. The number of nitrogens with zero attached hydrogens (tertiary/aromatic N) is 1. The third kappa shape index (κ3) is 4.93. The summed E-state index contributed by atoms with van der Waals surface area (Å²) < 4.78 is 6.26. The first kappa shape index (κ1) is 21.7. The lowest BCUT2D eigenvalue weighted by atomic mass is 9.89. The summed E-state index contributed by atoms with van der Waals surface area (Å²) >= 11 is 0. The first-order chi connectivity index (χ1) is 13.8. The van der Waals surface area contributed by atoms with Crippen LogP contribution in [0.15, 0.2) is 54.6 Å². The lowest BCUT2D eigenvalue weighted by Gasteiger charge is -2.25. The molecular formula is C24H31ClN2O2. The second-order valence-corrected chi connectivity index (χ2v) is 8.10. The minimum Gasteiger partial charge on any atom is -0.490 e. The molecule has 0 bridgehead atoms. The highest BCUT2D eigenvalue weighted by molar-refractivity contribution is 5.97. The lowest BCUT2D eigenvalue weighted by Crippen LogP contribution is -2.30. The van der Waals surface area contributed by atoms with E-state index in [2.05, 4.69) is 24.3 Å². The van der Waals surface area contributed by atoms with Gasteiger partial charge in [-0.05, 0) is 55.8 Å². The van der Waals surface area contributed by atoms with E-state index in [1.54, 1.807) is 0 Å². The van der Waals surface area contributed by atoms with Crippen LogP contribution >= 0.6 is 12.4 Å². The Labute approximate surface area is 179 Å². The summed E-state index contributed by atoms with van der Waals surface area (Å²) in [5, 5.41) is 0. The minimum atomic E-state index is 0. The van der Waals surface area contributed by atoms with E-state index in [-0.39, 0.29) is 30.3 Å². The molecule has 1 saturated heterocycles. The Morgan fingerprint density at radius 2 is 1.66 bits per heavy atom. The van der Waals surface area contributed by atoms with Gasteiger partial charge in [0, 0.05) is 19.0 Å². The topological polar surface area (TPSA) is 55.6 Å². The molecule has 4 nitrogen and oxygen atoms in total. The van der Waals surface area contributed by atoms with Crippen molar-refractivity contribution in [1.82, 2.24) is 4.90 Å². The molecule has 4 rings (SSSR count). The Balaban J connectivity index is 0.00000240. The SMILES string of the molecule is Cl.NC[C@@H]1CN(C(=O)c2ccccc2OC2CCCCC2)C[C@H]1c1ccccc1. The van der Waals surface area contributed by atoms with Crippen LogP contribution in [0.4, 0.5) is 0 Å². The fourth-order valence-corrected chi connectivity index (χ4v) is 4.63. The van der Waals surface area contributed by atoms with Gasteiger partial charge in [0.05, 0.1) is 11.7 Å². The maximum atomic E-state index is 13.4. The Morgan fingerprint density at radius 1 is 0.966 bits per heavy atom. The van der Waals surface area contributed by atoms with E-state index in [0.717, 1.165) is 18.6 Å².